The molecule has 1 aromatic heterocycles. The average Bonchev–Trinajstić information content (AvgIpc) is 2.25. The van der Waals surface area contributed by atoms with Crippen molar-refractivity contribution < 1.29 is 4.39 Å². The lowest BCUT2D eigenvalue weighted by Gasteiger charge is -2.07. The number of nitrogen functional groups attached to an aromatic ring is 1. The second-order valence-electron chi connectivity index (χ2n) is 3.85. The highest BCUT2D eigenvalue weighted by Gasteiger charge is 2.04. The first-order chi connectivity index (χ1) is 8.06. The van der Waals surface area contributed by atoms with Gasteiger partial charge in [-0.05, 0) is 19.1 Å². The molecule has 2 N–H and O–H groups in total. The van der Waals surface area contributed by atoms with Gasteiger partial charge in [-0.3, -0.25) is 9.36 Å². The zero-order chi connectivity index (χ0) is 12.4. The summed E-state index contributed by atoms with van der Waals surface area (Å²) >= 11 is 0. The van der Waals surface area contributed by atoms with E-state index in [9.17, 15) is 9.18 Å². The molecule has 5 heteroatoms. The van der Waals surface area contributed by atoms with Crippen molar-refractivity contribution in [1.82, 2.24) is 9.55 Å². The summed E-state index contributed by atoms with van der Waals surface area (Å²) in [4.78, 5) is 15.6. The molecule has 1 heterocycles. The molecule has 0 bridgehead atoms. The van der Waals surface area contributed by atoms with Crippen LogP contribution >= 0.6 is 0 Å². The normalized spacial score (nSPS) is 10.5. The predicted octanol–water partition coefficient (Wildman–Crippen LogP) is 1.32. The molecule has 88 valence electrons. The number of anilines is 1. The molecule has 4 nitrogen and oxygen atoms in total. The molecule has 0 aliphatic heterocycles. The third-order valence-corrected chi connectivity index (χ3v) is 2.43. The second-order valence-corrected chi connectivity index (χ2v) is 3.85. The zero-order valence-corrected chi connectivity index (χ0v) is 9.35. The van der Waals surface area contributed by atoms with Crippen LogP contribution in [0.25, 0.3) is 0 Å². The highest BCUT2D eigenvalue weighted by Crippen LogP contribution is 2.12. The maximum atomic E-state index is 13.5. The molecule has 0 fully saturated rings. The van der Waals surface area contributed by atoms with Crippen molar-refractivity contribution >= 4 is 5.69 Å². The van der Waals surface area contributed by atoms with Crippen LogP contribution in [0, 0.1) is 12.7 Å². The Morgan fingerprint density at radius 1 is 1.41 bits per heavy atom. The van der Waals surface area contributed by atoms with Gasteiger partial charge in [0.1, 0.15) is 5.82 Å². The van der Waals surface area contributed by atoms with E-state index in [-0.39, 0.29) is 12.1 Å². The number of hydrogen-bond acceptors (Lipinski definition) is 3. The molecule has 0 amide bonds. The average molecular weight is 233 g/mol. The summed E-state index contributed by atoms with van der Waals surface area (Å²) in [6.07, 6.45) is 1.41. The van der Waals surface area contributed by atoms with Crippen molar-refractivity contribution in [3.05, 3.63) is 58.0 Å². The number of rotatable bonds is 2. The summed E-state index contributed by atoms with van der Waals surface area (Å²) in [5.74, 6) is -0.419. The monoisotopic (exact) mass is 233 g/mol. The number of halogens is 1. The standard InChI is InChI=1S/C12H12FN3O/c1-8-4-12(17)16(7-15-8)6-9-2-3-10(14)5-11(9)13/h2-5,7H,6,14H2,1H3. The lowest BCUT2D eigenvalue weighted by molar-refractivity contribution is 0.594. The summed E-state index contributed by atoms with van der Waals surface area (Å²) < 4.78 is 14.9. The maximum Gasteiger partial charge on any atom is 0.253 e. The molecule has 2 rings (SSSR count). The van der Waals surface area contributed by atoms with Crippen LogP contribution in [0.3, 0.4) is 0 Å². The van der Waals surface area contributed by atoms with Crippen molar-refractivity contribution in [2.75, 3.05) is 5.73 Å². The molecule has 0 radical (unpaired) electrons. The molecule has 0 unspecified atom stereocenters. The third kappa shape index (κ3) is 2.50. The van der Waals surface area contributed by atoms with Gasteiger partial charge >= 0.3 is 0 Å². The molecule has 0 aliphatic rings. The van der Waals surface area contributed by atoms with Crippen LogP contribution < -0.4 is 11.3 Å². The lowest BCUT2D eigenvalue weighted by atomic mass is 10.2. The molecule has 2 aromatic rings. The minimum absolute atomic E-state index is 0.151. The van der Waals surface area contributed by atoms with E-state index in [2.05, 4.69) is 4.98 Å². The second kappa shape index (κ2) is 4.37. The van der Waals surface area contributed by atoms with Crippen LogP contribution in [-0.4, -0.2) is 9.55 Å². The van der Waals surface area contributed by atoms with Crippen molar-refractivity contribution in [2.45, 2.75) is 13.5 Å². The van der Waals surface area contributed by atoms with E-state index >= 15 is 0 Å². The van der Waals surface area contributed by atoms with E-state index in [4.69, 9.17) is 5.73 Å². The number of aromatic nitrogens is 2. The van der Waals surface area contributed by atoms with Crippen LogP contribution in [0.4, 0.5) is 10.1 Å². The summed E-state index contributed by atoms with van der Waals surface area (Å²) in [5, 5.41) is 0. The maximum absolute atomic E-state index is 13.5. The van der Waals surface area contributed by atoms with Gasteiger partial charge < -0.3 is 5.73 Å². The Balaban J connectivity index is 2.35. The first-order valence-corrected chi connectivity index (χ1v) is 5.13. The number of benzene rings is 1. The number of nitrogens with zero attached hydrogens (tertiary/aromatic N) is 2. The fraction of sp³-hybridized carbons (Fsp3) is 0.167. The lowest BCUT2D eigenvalue weighted by Crippen LogP contribution is -2.21. The van der Waals surface area contributed by atoms with Crippen LogP contribution in [0.15, 0.2) is 35.4 Å². The molecule has 1 aromatic carbocycles. The van der Waals surface area contributed by atoms with Gasteiger partial charge in [0.25, 0.3) is 5.56 Å². The largest absolute Gasteiger partial charge is 0.399 e. The van der Waals surface area contributed by atoms with Gasteiger partial charge in [0.05, 0.1) is 12.9 Å². The van der Waals surface area contributed by atoms with E-state index in [0.29, 0.717) is 16.9 Å². The minimum Gasteiger partial charge on any atom is -0.399 e. The molecule has 0 saturated heterocycles. The van der Waals surface area contributed by atoms with Crippen LogP contribution in [-0.2, 0) is 6.54 Å². The predicted molar refractivity (Wildman–Crippen MR) is 63.1 cm³/mol. The molecule has 17 heavy (non-hydrogen) atoms. The first kappa shape index (κ1) is 11.3. The molecule has 0 aliphatic carbocycles. The van der Waals surface area contributed by atoms with Crippen molar-refractivity contribution in [1.29, 1.82) is 0 Å². The fourth-order valence-corrected chi connectivity index (χ4v) is 1.51. The number of aryl methyl sites for hydroxylation is 1. The highest BCUT2D eigenvalue weighted by molar-refractivity contribution is 5.40. The molecular weight excluding hydrogens is 221 g/mol. The number of hydrogen-bond donors (Lipinski definition) is 1. The Morgan fingerprint density at radius 3 is 2.82 bits per heavy atom. The third-order valence-electron chi connectivity index (χ3n) is 2.43. The number of nitrogens with two attached hydrogens (primary N) is 1. The van der Waals surface area contributed by atoms with Gasteiger partial charge in [-0.2, -0.15) is 0 Å². The summed E-state index contributed by atoms with van der Waals surface area (Å²) in [5.41, 5.74) is 6.66. The quantitative estimate of drug-likeness (QED) is 0.796. The Morgan fingerprint density at radius 2 is 2.18 bits per heavy atom. The van der Waals surface area contributed by atoms with Gasteiger partial charge in [0.2, 0.25) is 0 Å². The van der Waals surface area contributed by atoms with E-state index in [0.717, 1.165) is 0 Å². The molecule has 0 atom stereocenters. The Hall–Kier alpha value is -2.17. The fourth-order valence-electron chi connectivity index (χ4n) is 1.51. The topological polar surface area (TPSA) is 60.9 Å². The first-order valence-electron chi connectivity index (χ1n) is 5.13. The Labute approximate surface area is 97.5 Å². The molecular formula is C12H12FN3O. The van der Waals surface area contributed by atoms with Gasteiger partial charge in [0.15, 0.2) is 0 Å². The van der Waals surface area contributed by atoms with Crippen molar-refractivity contribution in [3.63, 3.8) is 0 Å². The van der Waals surface area contributed by atoms with E-state index in [1.807, 2.05) is 0 Å². The smallest absolute Gasteiger partial charge is 0.253 e. The van der Waals surface area contributed by atoms with Crippen LogP contribution in [0.2, 0.25) is 0 Å². The van der Waals surface area contributed by atoms with Gasteiger partial charge in [-0.25, -0.2) is 9.37 Å². The van der Waals surface area contributed by atoms with E-state index in [1.54, 1.807) is 19.1 Å². The zero-order valence-electron chi connectivity index (χ0n) is 9.35. The van der Waals surface area contributed by atoms with Crippen LogP contribution in [0.5, 0.6) is 0 Å². The SMILES string of the molecule is Cc1cc(=O)n(Cc2ccc(N)cc2F)cn1. The summed E-state index contributed by atoms with van der Waals surface area (Å²) in [6, 6.07) is 5.82. The van der Waals surface area contributed by atoms with E-state index < -0.39 is 5.82 Å². The molecule has 0 saturated carbocycles. The van der Waals surface area contributed by atoms with Crippen LogP contribution in [0.1, 0.15) is 11.3 Å². The van der Waals surface area contributed by atoms with Crippen molar-refractivity contribution in [3.8, 4) is 0 Å². The minimum atomic E-state index is -0.419. The molecule has 0 spiro atoms. The highest BCUT2D eigenvalue weighted by atomic mass is 19.1. The Bertz CT molecular complexity index is 607. The summed E-state index contributed by atoms with van der Waals surface area (Å²) in [7, 11) is 0. The van der Waals surface area contributed by atoms with Gasteiger partial charge in [0, 0.05) is 23.0 Å². The van der Waals surface area contributed by atoms with E-state index in [1.165, 1.54) is 23.0 Å². The van der Waals surface area contributed by atoms with Gasteiger partial charge in [-0.1, -0.05) is 6.07 Å². The Kier molecular flexibility index (Phi) is 2.91. The summed E-state index contributed by atoms with van der Waals surface area (Å²) in [6.45, 7) is 1.88. The van der Waals surface area contributed by atoms with Crippen molar-refractivity contribution in [2.24, 2.45) is 0 Å². The van der Waals surface area contributed by atoms with Gasteiger partial charge in [-0.15, -0.1) is 0 Å².